The topological polar surface area (TPSA) is 57.4 Å². The summed E-state index contributed by atoms with van der Waals surface area (Å²) < 4.78 is 10.8. The zero-order chi connectivity index (χ0) is 14.4. The molecule has 6 heteroatoms. The van der Waals surface area contributed by atoms with Crippen molar-refractivity contribution < 1.29 is 9.47 Å². The summed E-state index contributed by atoms with van der Waals surface area (Å²) in [6.45, 7) is 0.990. The fourth-order valence-electron chi connectivity index (χ4n) is 1.71. The summed E-state index contributed by atoms with van der Waals surface area (Å²) in [7, 11) is 1.63. The van der Waals surface area contributed by atoms with Gasteiger partial charge in [-0.05, 0) is 12.1 Å². The third-order valence-corrected chi connectivity index (χ3v) is 4.10. The van der Waals surface area contributed by atoms with Gasteiger partial charge in [0.15, 0.2) is 0 Å². The van der Waals surface area contributed by atoms with E-state index in [1.807, 2.05) is 30.3 Å². The second-order valence-electron chi connectivity index (χ2n) is 4.09. The number of nitrogens with two attached hydrogens (primary N) is 1. The maximum absolute atomic E-state index is 5.69. The molecule has 0 unspecified atom stereocenters. The van der Waals surface area contributed by atoms with Crippen LogP contribution in [0.25, 0.3) is 0 Å². The zero-order valence-electron chi connectivity index (χ0n) is 11.2. The van der Waals surface area contributed by atoms with Crippen LogP contribution in [0.2, 0.25) is 0 Å². The van der Waals surface area contributed by atoms with Gasteiger partial charge in [-0.2, -0.15) is 0 Å². The average molecular weight is 308 g/mol. The molecule has 0 saturated heterocycles. The second-order valence-corrected chi connectivity index (χ2v) is 5.62. The van der Waals surface area contributed by atoms with Crippen LogP contribution >= 0.6 is 23.6 Å². The van der Waals surface area contributed by atoms with Gasteiger partial charge in [-0.15, -0.1) is 11.3 Å². The third-order valence-electron chi connectivity index (χ3n) is 2.57. The molecule has 0 spiro atoms. The lowest BCUT2D eigenvalue weighted by atomic mass is 10.3. The number of aromatic nitrogens is 1. The van der Waals surface area contributed by atoms with Gasteiger partial charge in [0.05, 0.1) is 28.8 Å². The normalized spacial score (nSPS) is 10.4. The molecule has 0 aliphatic carbocycles. The van der Waals surface area contributed by atoms with Crippen molar-refractivity contribution in [2.75, 3.05) is 13.7 Å². The minimum atomic E-state index is 0.366. The maximum atomic E-state index is 5.69. The van der Waals surface area contributed by atoms with E-state index in [9.17, 15) is 0 Å². The minimum absolute atomic E-state index is 0.366. The van der Waals surface area contributed by atoms with Crippen LogP contribution in [-0.4, -0.2) is 23.7 Å². The number of para-hydroxylation sites is 1. The van der Waals surface area contributed by atoms with Crippen LogP contribution in [-0.2, 0) is 17.8 Å². The highest BCUT2D eigenvalue weighted by Gasteiger charge is 2.13. The Morgan fingerprint density at radius 3 is 2.75 bits per heavy atom. The van der Waals surface area contributed by atoms with Crippen molar-refractivity contribution in [1.82, 2.24) is 4.98 Å². The van der Waals surface area contributed by atoms with Gasteiger partial charge in [-0.25, -0.2) is 4.98 Å². The molecular weight excluding hydrogens is 292 g/mol. The van der Waals surface area contributed by atoms with E-state index in [2.05, 4.69) is 4.98 Å². The monoisotopic (exact) mass is 308 g/mol. The molecule has 20 heavy (non-hydrogen) atoms. The predicted molar refractivity (Wildman–Crippen MR) is 84.4 cm³/mol. The molecule has 0 aliphatic heterocycles. The third kappa shape index (κ3) is 4.00. The maximum Gasteiger partial charge on any atom is 0.119 e. The van der Waals surface area contributed by atoms with Crippen LogP contribution in [0.4, 0.5) is 0 Å². The second kappa shape index (κ2) is 7.33. The molecule has 106 valence electrons. The first-order valence-corrected chi connectivity index (χ1v) is 7.38. The summed E-state index contributed by atoms with van der Waals surface area (Å²) in [5, 5.41) is 0.954. The molecule has 0 atom stereocenters. The quantitative estimate of drug-likeness (QED) is 0.797. The Hall–Kier alpha value is -1.50. The van der Waals surface area contributed by atoms with Crippen LogP contribution < -0.4 is 10.5 Å². The molecule has 2 N–H and O–H groups in total. The van der Waals surface area contributed by atoms with Crippen molar-refractivity contribution in [1.29, 1.82) is 0 Å². The Bertz CT molecular complexity index is 570. The molecule has 1 heterocycles. The smallest absolute Gasteiger partial charge is 0.119 e. The first-order chi connectivity index (χ1) is 9.70. The molecule has 4 nitrogen and oxygen atoms in total. The fourth-order valence-corrected chi connectivity index (χ4v) is 2.85. The number of ether oxygens (including phenoxy) is 2. The largest absolute Gasteiger partial charge is 0.493 e. The summed E-state index contributed by atoms with van der Waals surface area (Å²) in [6.07, 6.45) is 0.721. The fraction of sp³-hybridized carbons (Fsp3) is 0.286. The molecule has 0 fully saturated rings. The van der Waals surface area contributed by atoms with Gasteiger partial charge in [0.2, 0.25) is 0 Å². The minimum Gasteiger partial charge on any atom is -0.493 e. The van der Waals surface area contributed by atoms with Crippen LogP contribution in [0.3, 0.4) is 0 Å². The van der Waals surface area contributed by atoms with Crippen molar-refractivity contribution >= 4 is 28.5 Å². The summed E-state index contributed by atoms with van der Waals surface area (Å²) in [4.78, 5) is 5.69. The Balaban J connectivity index is 1.96. The number of methoxy groups -OCH3 is 1. The summed E-state index contributed by atoms with van der Waals surface area (Å²) in [5.74, 6) is 0.857. The first-order valence-electron chi connectivity index (χ1n) is 6.16. The van der Waals surface area contributed by atoms with E-state index in [1.165, 1.54) is 11.3 Å². The molecule has 2 aromatic rings. The number of thiocarbonyl (C=S) groups is 1. The summed E-state index contributed by atoms with van der Waals surface area (Å²) in [5.41, 5.74) is 6.50. The van der Waals surface area contributed by atoms with Gasteiger partial charge < -0.3 is 15.2 Å². The molecule has 1 aromatic carbocycles. The van der Waals surface area contributed by atoms with Gasteiger partial charge in [0.25, 0.3) is 0 Å². The SMILES string of the molecule is COCc1nc(CCOc2ccccc2)sc1C(N)=S. The molecule has 0 bridgehead atoms. The zero-order valence-corrected chi connectivity index (χ0v) is 12.8. The van der Waals surface area contributed by atoms with E-state index >= 15 is 0 Å². The van der Waals surface area contributed by atoms with Gasteiger partial charge in [-0.1, -0.05) is 30.4 Å². The van der Waals surface area contributed by atoms with Crippen LogP contribution in [0, 0.1) is 0 Å². The Morgan fingerprint density at radius 1 is 1.35 bits per heavy atom. The summed E-state index contributed by atoms with van der Waals surface area (Å²) >= 11 is 6.53. The predicted octanol–water partition coefficient (Wildman–Crippen LogP) is 2.55. The Labute approximate surface area is 127 Å². The van der Waals surface area contributed by atoms with Crippen molar-refractivity contribution in [2.45, 2.75) is 13.0 Å². The molecule has 0 radical (unpaired) electrons. The van der Waals surface area contributed by atoms with Crippen molar-refractivity contribution in [2.24, 2.45) is 5.73 Å². The van der Waals surface area contributed by atoms with Crippen LogP contribution in [0.15, 0.2) is 30.3 Å². The molecular formula is C14H16N2O2S2. The molecule has 0 saturated carbocycles. The number of thiazole rings is 1. The standard InChI is InChI=1S/C14H16N2O2S2/c1-17-9-11-13(14(15)19)20-12(16-11)7-8-18-10-5-3-2-4-6-10/h2-6H,7-9H2,1H3,(H2,15,19). The number of rotatable bonds is 7. The van der Waals surface area contributed by atoms with Gasteiger partial charge >= 0.3 is 0 Å². The lowest BCUT2D eigenvalue weighted by Crippen LogP contribution is -2.10. The number of benzene rings is 1. The van der Waals surface area contributed by atoms with E-state index in [0.29, 0.717) is 18.2 Å². The average Bonchev–Trinajstić information content (AvgIpc) is 2.84. The lowest BCUT2D eigenvalue weighted by Gasteiger charge is -2.03. The van der Waals surface area contributed by atoms with Crippen molar-refractivity contribution in [3.8, 4) is 5.75 Å². The van der Waals surface area contributed by atoms with Crippen molar-refractivity contribution in [3.63, 3.8) is 0 Å². The number of nitrogens with zero attached hydrogens (tertiary/aromatic N) is 1. The summed E-state index contributed by atoms with van der Waals surface area (Å²) in [6, 6.07) is 9.71. The highest BCUT2D eigenvalue weighted by Crippen LogP contribution is 2.20. The number of hydrogen-bond donors (Lipinski definition) is 1. The van der Waals surface area contributed by atoms with Gasteiger partial charge in [0.1, 0.15) is 10.7 Å². The highest BCUT2D eigenvalue weighted by atomic mass is 32.1. The Morgan fingerprint density at radius 2 is 2.10 bits per heavy atom. The molecule has 0 amide bonds. The van der Waals surface area contributed by atoms with Crippen LogP contribution in [0.5, 0.6) is 5.75 Å². The molecule has 1 aromatic heterocycles. The first kappa shape index (κ1) is 14.9. The van der Waals surface area contributed by atoms with E-state index in [1.54, 1.807) is 7.11 Å². The van der Waals surface area contributed by atoms with E-state index in [4.69, 9.17) is 27.4 Å². The van der Waals surface area contributed by atoms with Crippen LogP contribution in [0.1, 0.15) is 15.6 Å². The lowest BCUT2D eigenvalue weighted by molar-refractivity contribution is 0.181. The highest BCUT2D eigenvalue weighted by molar-refractivity contribution is 7.81. The van der Waals surface area contributed by atoms with E-state index in [0.717, 1.165) is 27.7 Å². The van der Waals surface area contributed by atoms with Gasteiger partial charge in [0, 0.05) is 13.5 Å². The number of hydrogen-bond acceptors (Lipinski definition) is 5. The molecule has 2 rings (SSSR count). The van der Waals surface area contributed by atoms with E-state index in [-0.39, 0.29) is 0 Å². The van der Waals surface area contributed by atoms with E-state index < -0.39 is 0 Å². The Kier molecular flexibility index (Phi) is 5.46. The molecule has 0 aliphatic rings. The van der Waals surface area contributed by atoms with Crippen molar-refractivity contribution in [3.05, 3.63) is 45.9 Å². The van der Waals surface area contributed by atoms with Gasteiger partial charge in [-0.3, -0.25) is 0 Å².